The minimum atomic E-state index is 0.0251. The van der Waals surface area contributed by atoms with Crippen molar-refractivity contribution < 1.29 is 9.53 Å². The van der Waals surface area contributed by atoms with Crippen molar-refractivity contribution in [2.24, 2.45) is 17.3 Å². The van der Waals surface area contributed by atoms with E-state index in [9.17, 15) is 4.79 Å². The number of carbonyl (C=O) groups excluding carboxylic acids is 1. The van der Waals surface area contributed by atoms with Gasteiger partial charge in [0.1, 0.15) is 6.10 Å². The zero-order valence-electron chi connectivity index (χ0n) is 12.0. The lowest BCUT2D eigenvalue weighted by Gasteiger charge is -2.39. The quantitative estimate of drug-likeness (QED) is 0.769. The summed E-state index contributed by atoms with van der Waals surface area (Å²) in [7, 11) is 0. The Hall–Kier alpha value is -0.570. The van der Waals surface area contributed by atoms with E-state index >= 15 is 0 Å². The predicted octanol–water partition coefficient (Wildman–Crippen LogP) is 2.74. The van der Waals surface area contributed by atoms with E-state index in [1.807, 2.05) is 0 Å². The summed E-state index contributed by atoms with van der Waals surface area (Å²) < 4.78 is 5.76. The van der Waals surface area contributed by atoms with Gasteiger partial charge >= 0.3 is 5.97 Å². The van der Waals surface area contributed by atoms with Crippen LogP contribution in [-0.4, -0.2) is 25.2 Å². The van der Waals surface area contributed by atoms with Gasteiger partial charge in [-0.15, -0.1) is 0 Å². The third kappa shape index (κ3) is 3.71. The lowest BCUT2D eigenvalue weighted by Crippen LogP contribution is -2.39. The molecule has 0 amide bonds. The fourth-order valence-corrected chi connectivity index (χ4v) is 3.66. The van der Waals surface area contributed by atoms with E-state index < -0.39 is 0 Å². The zero-order valence-corrected chi connectivity index (χ0v) is 12.0. The molecule has 0 aromatic rings. The number of carbonyl (C=O) groups is 1. The summed E-state index contributed by atoms with van der Waals surface area (Å²) in [6.45, 7) is 8.67. The SMILES string of the molecule is CC1CC(OC(=O)[C@@H]2CCCNC2)CC(C)(C)C1. The molecule has 2 unspecified atom stereocenters. The number of piperidine rings is 1. The van der Waals surface area contributed by atoms with Gasteiger partial charge in [-0.05, 0) is 50.0 Å². The smallest absolute Gasteiger partial charge is 0.310 e. The van der Waals surface area contributed by atoms with Gasteiger partial charge in [-0.3, -0.25) is 4.79 Å². The van der Waals surface area contributed by atoms with Crippen LogP contribution in [0.3, 0.4) is 0 Å². The van der Waals surface area contributed by atoms with Gasteiger partial charge in [0.05, 0.1) is 5.92 Å². The highest BCUT2D eigenvalue weighted by atomic mass is 16.5. The summed E-state index contributed by atoms with van der Waals surface area (Å²) in [5.74, 6) is 0.771. The van der Waals surface area contributed by atoms with E-state index in [4.69, 9.17) is 4.74 Å². The molecule has 1 saturated heterocycles. The summed E-state index contributed by atoms with van der Waals surface area (Å²) >= 11 is 0. The van der Waals surface area contributed by atoms with Crippen molar-refractivity contribution in [1.82, 2.24) is 5.32 Å². The Morgan fingerprint density at radius 3 is 2.72 bits per heavy atom. The van der Waals surface area contributed by atoms with Crippen molar-refractivity contribution in [3.8, 4) is 0 Å². The molecule has 0 aromatic carbocycles. The van der Waals surface area contributed by atoms with Gasteiger partial charge in [-0.25, -0.2) is 0 Å². The standard InChI is InChI=1S/C15H27NO2/c1-11-7-13(9-15(2,3)8-11)18-14(17)12-5-4-6-16-10-12/h11-13,16H,4-10H2,1-3H3/t11?,12-,13?/m1/s1. The highest BCUT2D eigenvalue weighted by molar-refractivity contribution is 5.73. The van der Waals surface area contributed by atoms with Crippen LogP contribution in [0.25, 0.3) is 0 Å². The Morgan fingerprint density at radius 1 is 1.33 bits per heavy atom. The minimum absolute atomic E-state index is 0.0251. The van der Waals surface area contributed by atoms with Crippen molar-refractivity contribution in [1.29, 1.82) is 0 Å². The first-order valence-electron chi connectivity index (χ1n) is 7.37. The number of hydrogen-bond donors (Lipinski definition) is 1. The highest BCUT2D eigenvalue weighted by Crippen LogP contribution is 2.39. The summed E-state index contributed by atoms with van der Waals surface area (Å²) in [6.07, 6.45) is 5.51. The molecule has 2 fully saturated rings. The second kappa shape index (κ2) is 5.60. The third-order valence-corrected chi connectivity index (χ3v) is 4.26. The molecule has 3 heteroatoms. The van der Waals surface area contributed by atoms with Crippen LogP contribution >= 0.6 is 0 Å². The maximum atomic E-state index is 12.1. The topological polar surface area (TPSA) is 38.3 Å². The summed E-state index contributed by atoms with van der Waals surface area (Å²) in [6, 6.07) is 0. The predicted molar refractivity (Wildman–Crippen MR) is 72.3 cm³/mol. The fourth-order valence-electron chi connectivity index (χ4n) is 3.66. The van der Waals surface area contributed by atoms with Crippen LogP contribution in [0.15, 0.2) is 0 Å². The maximum absolute atomic E-state index is 12.1. The molecule has 1 aliphatic heterocycles. The molecule has 3 nitrogen and oxygen atoms in total. The number of hydrogen-bond acceptors (Lipinski definition) is 3. The van der Waals surface area contributed by atoms with Gasteiger partial charge in [0.15, 0.2) is 0 Å². The molecular weight excluding hydrogens is 226 g/mol. The Labute approximate surface area is 111 Å². The van der Waals surface area contributed by atoms with Crippen molar-refractivity contribution in [2.45, 2.75) is 59.0 Å². The maximum Gasteiger partial charge on any atom is 0.310 e. The molecule has 1 heterocycles. The van der Waals surface area contributed by atoms with Crippen LogP contribution in [0.4, 0.5) is 0 Å². The van der Waals surface area contributed by atoms with Crippen LogP contribution in [0.1, 0.15) is 52.9 Å². The van der Waals surface area contributed by atoms with Gasteiger partial charge in [0.2, 0.25) is 0 Å². The van der Waals surface area contributed by atoms with Gasteiger partial charge in [-0.2, -0.15) is 0 Å². The van der Waals surface area contributed by atoms with E-state index in [-0.39, 0.29) is 18.0 Å². The minimum Gasteiger partial charge on any atom is -0.462 e. The van der Waals surface area contributed by atoms with Crippen LogP contribution in [0.2, 0.25) is 0 Å². The number of rotatable bonds is 2. The molecule has 18 heavy (non-hydrogen) atoms. The fraction of sp³-hybridized carbons (Fsp3) is 0.933. The average Bonchev–Trinajstić information content (AvgIpc) is 2.27. The molecule has 1 aliphatic carbocycles. The Morgan fingerprint density at radius 2 is 2.11 bits per heavy atom. The molecule has 1 saturated carbocycles. The molecular formula is C15H27NO2. The van der Waals surface area contributed by atoms with Crippen molar-refractivity contribution in [3.63, 3.8) is 0 Å². The molecule has 0 radical (unpaired) electrons. The molecule has 2 aliphatic rings. The zero-order chi connectivity index (χ0) is 13.2. The number of nitrogens with one attached hydrogen (secondary N) is 1. The van der Waals surface area contributed by atoms with E-state index in [1.165, 1.54) is 6.42 Å². The average molecular weight is 253 g/mol. The van der Waals surface area contributed by atoms with Gasteiger partial charge in [0.25, 0.3) is 0 Å². The van der Waals surface area contributed by atoms with E-state index in [0.717, 1.165) is 38.8 Å². The van der Waals surface area contributed by atoms with Crippen molar-refractivity contribution >= 4 is 5.97 Å². The first-order valence-corrected chi connectivity index (χ1v) is 7.37. The van der Waals surface area contributed by atoms with Crippen molar-refractivity contribution in [2.75, 3.05) is 13.1 Å². The lowest BCUT2D eigenvalue weighted by molar-refractivity contribution is -0.159. The van der Waals surface area contributed by atoms with Crippen LogP contribution < -0.4 is 5.32 Å². The lowest BCUT2D eigenvalue weighted by atomic mass is 9.71. The molecule has 1 N–H and O–H groups in total. The Bertz CT molecular complexity index is 295. The van der Waals surface area contributed by atoms with Gasteiger partial charge in [-0.1, -0.05) is 20.8 Å². The Balaban J connectivity index is 1.86. The molecule has 0 bridgehead atoms. The van der Waals surface area contributed by atoms with Crippen LogP contribution in [0.5, 0.6) is 0 Å². The normalized spacial score (nSPS) is 36.1. The Kier molecular flexibility index (Phi) is 4.31. The van der Waals surface area contributed by atoms with E-state index in [1.54, 1.807) is 0 Å². The number of ether oxygens (including phenoxy) is 1. The molecule has 0 aromatic heterocycles. The highest BCUT2D eigenvalue weighted by Gasteiger charge is 2.35. The van der Waals surface area contributed by atoms with E-state index in [0.29, 0.717) is 11.3 Å². The molecule has 0 spiro atoms. The van der Waals surface area contributed by atoms with Crippen LogP contribution in [0, 0.1) is 17.3 Å². The second-order valence-electron chi connectivity index (χ2n) is 7.02. The van der Waals surface area contributed by atoms with Crippen LogP contribution in [-0.2, 0) is 9.53 Å². The second-order valence-corrected chi connectivity index (χ2v) is 7.02. The van der Waals surface area contributed by atoms with Crippen molar-refractivity contribution in [3.05, 3.63) is 0 Å². The third-order valence-electron chi connectivity index (χ3n) is 4.26. The molecule has 3 atom stereocenters. The number of esters is 1. The summed E-state index contributed by atoms with van der Waals surface area (Å²) in [5, 5.41) is 3.28. The van der Waals surface area contributed by atoms with E-state index in [2.05, 4.69) is 26.1 Å². The van der Waals surface area contributed by atoms with Gasteiger partial charge < -0.3 is 10.1 Å². The largest absolute Gasteiger partial charge is 0.462 e. The molecule has 104 valence electrons. The first-order chi connectivity index (χ1) is 8.46. The summed E-state index contributed by atoms with van der Waals surface area (Å²) in [5.41, 5.74) is 0.313. The van der Waals surface area contributed by atoms with Gasteiger partial charge in [0, 0.05) is 6.54 Å². The summed E-state index contributed by atoms with van der Waals surface area (Å²) in [4.78, 5) is 12.1. The first kappa shape index (κ1) is 13.9. The molecule has 2 rings (SSSR count). The monoisotopic (exact) mass is 253 g/mol.